The summed E-state index contributed by atoms with van der Waals surface area (Å²) >= 11 is 0. The molecule has 1 unspecified atom stereocenters. The van der Waals surface area contributed by atoms with Crippen molar-refractivity contribution in [1.82, 2.24) is 15.5 Å². The van der Waals surface area contributed by atoms with Crippen LogP contribution >= 0.6 is 0 Å². The number of amides is 4. The minimum atomic E-state index is -0.619. The van der Waals surface area contributed by atoms with Gasteiger partial charge in [-0.25, -0.2) is 0 Å². The Hall–Kier alpha value is -2.90. The fourth-order valence-electron chi connectivity index (χ4n) is 3.23. The first-order chi connectivity index (χ1) is 13.7. The zero-order chi connectivity index (χ0) is 21.6. The number of hydrogen-bond acceptors (Lipinski definition) is 4. The molecule has 2 N–H and O–H groups in total. The molecule has 0 aliphatic carbocycles. The largest absolute Gasteiger partial charge is 0.347 e. The summed E-state index contributed by atoms with van der Waals surface area (Å²) < 4.78 is 0. The fraction of sp³-hybridized carbons (Fsp3) is 0.524. The number of hydrogen-bond donors (Lipinski definition) is 2. The van der Waals surface area contributed by atoms with Crippen LogP contribution in [0.5, 0.6) is 0 Å². The molecule has 0 saturated carbocycles. The molecule has 1 saturated heterocycles. The van der Waals surface area contributed by atoms with E-state index in [0.717, 1.165) is 12.1 Å². The normalized spacial score (nSPS) is 14.7. The van der Waals surface area contributed by atoms with Crippen molar-refractivity contribution in [2.45, 2.75) is 39.2 Å². The van der Waals surface area contributed by atoms with Crippen LogP contribution in [0.25, 0.3) is 0 Å². The van der Waals surface area contributed by atoms with Gasteiger partial charge in [-0.2, -0.15) is 0 Å². The molecular weight excluding hydrogens is 372 g/mol. The zero-order valence-corrected chi connectivity index (χ0v) is 17.5. The summed E-state index contributed by atoms with van der Waals surface area (Å²) in [4.78, 5) is 51.7. The van der Waals surface area contributed by atoms with Gasteiger partial charge >= 0.3 is 0 Å². The summed E-state index contributed by atoms with van der Waals surface area (Å²) in [7, 11) is 3.28. The number of rotatable bonds is 8. The number of anilines is 1. The number of nitrogens with one attached hydrogen (secondary N) is 2. The Balaban J connectivity index is 1.89. The number of carbonyl (C=O) groups excluding carboxylic acids is 4. The van der Waals surface area contributed by atoms with E-state index in [0.29, 0.717) is 24.9 Å². The van der Waals surface area contributed by atoms with Gasteiger partial charge < -0.3 is 20.4 Å². The Kier molecular flexibility index (Phi) is 7.75. The van der Waals surface area contributed by atoms with Gasteiger partial charge in [-0.05, 0) is 43.0 Å². The Labute approximate surface area is 171 Å². The second kappa shape index (κ2) is 10.0. The molecule has 4 amide bonds. The highest BCUT2D eigenvalue weighted by Crippen LogP contribution is 2.21. The average molecular weight is 402 g/mol. The lowest BCUT2D eigenvalue weighted by Crippen LogP contribution is -2.49. The number of nitrogens with zero attached hydrogens (tertiary/aromatic N) is 2. The molecule has 158 valence electrons. The predicted molar refractivity (Wildman–Crippen MR) is 110 cm³/mol. The summed E-state index contributed by atoms with van der Waals surface area (Å²) in [5.41, 5.74) is 1.16. The van der Waals surface area contributed by atoms with E-state index in [1.165, 1.54) is 4.90 Å². The van der Waals surface area contributed by atoms with Gasteiger partial charge in [0.05, 0.1) is 6.54 Å². The molecular formula is C21H30N4O4. The molecule has 0 spiro atoms. The molecule has 1 heterocycles. The van der Waals surface area contributed by atoms with Crippen molar-refractivity contribution < 1.29 is 19.2 Å². The molecule has 8 heteroatoms. The van der Waals surface area contributed by atoms with Crippen molar-refractivity contribution in [2.75, 3.05) is 32.1 Å². The molecule has 1 fully saturated rings. The number of likely N-dealkylation sites (N-methyl/N-ethyl adjacent to an activating group) is 1. The molecule has 1 aliphatic rings. The van der Waals surface area contributed by atoms with Crippen molar-refractivity contribution in [3.63, 3.8) is 0 Å². The first kappa shape index (κ1) is 22.4. The molecule has 0 radical (unpaired) electrons. The van der Waals surface area contributed by atoms with E-state index >= 15 is 0 Å². The van der Waals surface area contributed by atoms with Crippen LogP contribution in [0.2, 0.25) is 0 Å². The average Bonchev–Trinajstić information content (AvgIpc) is 3.10. The van der Waals surface area contributed by atoms with Gasteiger partial charge in [0.15, 0.2) is 0 Å². The lowest BCUT2D eigenvalue weighted by Gasteiger charge is -2.23. The molecule has 0 aromatic heterocycles. The minimum Gasteiger partial charge on any atom is -0.347 e. The molecule has 8 nitrogen and oxygen atoms in total. The van der Waals surface area contributed by atoms with E-state index in [-0.39, 0.29) is 24.3 Å². The van der Waals surface area contributed by atoms with Gasteiger partial charge in [0.2, 0.25) is 17.7 Å². The lowest BCUT2D eigenvalue weighted by atomic mass is 10.0. The Morgan fingerprint density at radius 2 is 1.79 bits per heavy atom. The number of carbonyl (C=O) groups is 4. The minimum absolute atomic E-state index is 0.0853. The van der Waals surface area contributed by atoms with Crippen molar-refractivity contribution in [1.29, 1.82) is 0 Å². The van der Waals surface area contributed by atoms with E-state index < -0.39 is 17.9 Å². The van der Waals surface area contributed by atoms with E-state index in [1.807, 2.05) is 13.8 Å². The van der Waals surface area contributed by atoms with Crippen LogP contribution in [0.15, 0.2) is 24.3 Å². The van der Waals surface area contributed by atoms with Gasteiger partial charge in [-0.1, -0.05) is 13.8 Å². The monoisotopic (exact) mass is 402 g/mol. The van der Waals surface area contributed by atoms with Crippen molar-refractivity contribution >= 4 is 29.3 Å². The van der Waals surface area contributed by atoms with E-state index in [2.05, 4.69) is 10.6 Å². The maximum atomic E-state index is 12.3. The van der Waals surface area contributed by atoms with Gasteiger partial charge in [0.25, 0.3) is 5.91 Å². The van der Waals surface area contributed by atoms with E-state index in [9.17, 15) is 19.2 Å². The topological polar surface area (TPSA) is 98.8 Å². The standard InChI is InChI=1S/C21H30N4O4/c1-14(2)12-17(21(29)24(3)4)23-18(26)13-22-20(28)15-7-9-16(10-8-15)25-11-5-6-19(25)27/h7-10,14,17H,5-6,11-13H2,1-4H3,(H,22,28)(H,23,26). The van der Waals surface area contributed by atoms with Crippen molar-refractivity contribution in [3.05, 3.63) is 29.8 Å². The first-order valence-electron chi connectivity index (χ1n) is 9.88. The summed E-state index contributed by atoms with van der Waals surface area (Å²) in [5.74, 6) is -0.662. The Morgan fingerprint density at radius 1 is 1.14 bits per heavy atom. The van der Waals surface area contributed by atoms with Crippen LogP contribution in [0.3, 0.4) is 0 Å². The first-order valence-corrected chi connectivity index (χ1v) is 9.88. The Bertz CT molecular complexity index is 758. The smallest absolute Gasteiger partial charge is 0.251 e. The highest BCUT2D eigenvalue weighted by atomic mass is 16.2. The lowest BCUT2D eigenvalue weighted by molar-refractivity contribution is -0.134. The van der Waals surface area contributed by atoms with Crippen LogP contribution in [-0.4, -0.2) is 61.8 Å². The van der Waals surface area contributed by atoms with Crippen LogP contribution in [0.1, 0.15) is 43.5 Å². The molecule has 1 aromatic rings. The highest BCUT2D eigenvalue weighted by Gasteiger charge is 2.24. The molecule has 0 bridgehead atoms. The van der Waals surface area contributed by atoms with Gasteiger partial charge in [0.1, 0.15) is 6.04 Å². The van der Waals surface area contributed by atoms with Gasteiger partial charge in [-0.15, -0.1) is 0 Å². The molecule has 1 atom stereocenters. The highest BCUT2D eigenvalue weighted by molar-refractivity contribution is 5.99. The van der Waals surface area contributed by atoms with E-state index in [1.54, 1.807) is 43.3 Å². The van der Waals surface area contributed by atoms with Crippen LogP contribution in [0, 0.1) is 5.92 Å². The maximum absolute atomic E-state index is 12.3. The second-order valence-electron chi connectivity index (χ2n) is 7.86. The third kappa shape index (κ3) is 6.30. The van der Waals surface area contributed by atoms with Crippen molar-refractivity contribution in [3.8, 4) is 0 Å². The van der Waals surface area contributed by atoms with Crippen LogP contribution < -0.4 is 15.5 Å². The maximum Gasteiger partial charge on any atom is 0.251 e. The van der Waals surface area contributed by atoms with Crippen LogP contribution in [0.4, 0.5) is 5.69 Å². The molecule has 2 rings (SSSR count). The molecule has 1 aromatic carbocycles. The summed E-state index contributed by atoms with van der Waals surface area (Å²) in [6.07, 6.45) is 1.91. The third-order valence-corrected chi connectivity index (χ3v) is 4.71. The fourth-order valence-corrected chi connectivity index (χ4v) is 3.23. The van der Waals surface area contributed by atoms with Crippen LogP contribution in [-0.2, 0) is 14.4 Å². The quantitative estimate of drug-likeness (QED) is 0.682. The van der Waals surface area contributed by atoms with Crippen molar-refractivity contribution in [2.24, 2.45) is 5.92 Å². The summed E-state index contributed by atoms with van der Waals surface area (Å²) in [6, 6.07) is 6.10. The van der Waals surface area contributed by atoms with Gasteiger partial charge in [-0.3, -0.25) is 19.2 Å². The summed E-state index contributed by atoms with van der Waals surface area (Å²) in [6.45, 7) is 4.42. The SMILES string of the molecule is CC(C)CC(NC(=O)CNC(=O)c1ccc(N2CCCC2=O)cc1)C(=O)N(C)C. The second-order valence-corrected chi connectivity index (χ2v) is 7.86. The zero-order valence-electron chi connectivity index (χ0n) is 17.5. The van der Waals surface area contributed by atoms with E-state index in [4.69, 9.17) is 0 Å². The molecule has 1 aliphatic heterocycles. The summed E-state index contributed by atoms with van der Waals surface area (Å²) in [5, 5.41) is 5.27. The number of benzene rings is 1. The predicted octanol–water partition coefficient (Wildman–Crippen LogP) is 1.16. The van der Waals surface area contributed by atoms with Gasteiger partial charge in [0, 0.05) is 38.3 Å². The Morgan fingerprint density at radius 3 is 2.31 bits per heavy atom. The molecule has 29 heavy (non-hydrogen) atoms. The third-order valence-electron chi connectivity index (χ3n) is 4.71.